The molecule has 0 saturated heterocycles. The molecule has 3 N–H and O–H groups in total. The summed E-state index contributed by atoms with van der Waals surface area (Å²) in [6.45, 7) is 1.41. The maximum atomic E-state index is 11.5. The summed E-state index contributed by atoms with van der Waals surface area (Å²) in [5, 5.41) is 12.6. The van der Waals surface area contributed by atoms with Gasteiger partial charge >= 0.3 is 0 Å². The minimum atomic E-state index is -0.160. The van der Waals surface area contributed by atoms with Gasteiger partial charge in [-0.2, -0.15) is 5.10 Å². The molecule has 0 aliphatic carbocycles. The molecule has 1 aromatic heterocycles. The number of rotatable bonds is 4. The highest BCUT2D eigenvalue weighted by atomic mass is 16.2. The van der Waals surface area contributed by atoms with Crippen LogP contribution >= 0.6 is 0 Å². The maximum Gasteiger partial charge on any atom is 0.241 e. The predicted octanol–water partition coefficient (Wildman–Crippen LogP) is -0.404. The van der Waals surface area contributed by atoms with E-state index in [0.717, 1.165) is 18.7 Å². The zero-order valence-electron chi connectivity index (χ0n) is 8.36. The standard InChI is InChI=1S/C10H14N4O/c15-10(9-2-1-5-11-9)12-6-3-8-4-7-13-14-8/h1-2,4,7,9,11H,3,5-6H2,(H,12,15)(H,13,14). The summed E-state index contributed by atoms with van der Waals surface area (Å²) >= 11 is 0. The molecule has 0 bridgehead atoms. The first-order valence-corrected chi connectivity index (χ1v) is 5.02. The molecule has 1 aromatic rings. The largest absolute Gasteiger partial charge is 0.354 e. The van der Waals surface area contributed by atoms with Crippen molar-refractivity contribution in [2.75, 3.05) is 13.1 Å². The topological polar surface area (TPSA) is 69.8 Å². The number of hydrogen-bond donors (Lipinski definition) is 3. The van der Waals surface area contributed by atoms with Gasteiger partial charge in [0.15, 0.2) is 0 Å². The normalized spacial score (nSPS) is 19.3. The first kappa shape index (κ1) is 9.92. The SMILES string of the molecule is O=C(NCCc1ccn[nH]1)C1C=CCN1. The van der Waals surface area contributed by atoms with Crippen LogP contribution < -0.4 is 10.6 Å². The number of carbonyl (C=O) groups is 1. The summed E-state index contributed by atoms with van der Waals surface area (Å²) in [6, 6.07) is 1.74. The summed E-state index contributed by atoms with van der Waals surface area (Å²) in [5.74, 6) is 0.0308. The summed E-state index contributed by atoms with van der Waals surface area (Å²) in [6.07, 6.45) is 6.32. The van der Waals surface area contributed by atoms with Crippen LogP contribution in [0.2, 0.25) is 0 Å². The molecule has 1 atom stereocenters. The van der Waals surface area contributed by atoms with E-state index < -0.39 is 0 Å². The maximum absolute atomic E-state index is 11.5. The van der Waals surface area contributed by atoms with E-state index >= 15 is 0 Å². The lowest BCUT2D eigenvalue weighted by atomic mass is 10.2. The molecule has 0 aromatic carbocycles. The molecule has 1 amide bonds. The second-order valence-corrected chi connectivity index (χ2v) is 3.44. The molecule has 2 heterocycles. The number of aromatic nitrogens is 2. The summed E-state index contributed by atoms with van der Waals surface area (Å²) < 4.78 is 0. The second-order valence-electron chi connectivity index (χ2n) is 3.44. The molecule has 0 radical (unpaired) electrons. The number of nitrogens with one attached hydrogen (secondary N) is 3. The highest BCUT2D eigenvalue weighted by Gasteiger charge is 2.16. The number of hydrogen-bond acceptors (Lipinski definition) is 3. The van der Waals surface area contributed by atoms with E-state index in [-0.39, 0.29) is 11.9 Å². The van der Waals surface area contributed by atoms with Crippen LogP contribution in [0.25, 0.3) is 0 Å². The highest BCUT2D eigenvalue weighted by molar-refractivity contribution is 5.84. The molecule has 1 aliphatic heterocycles. The predicted molar refractivity (Wildman–Crippen MR) is 56.2 cm³/mol. The lowest BCUT2D eigenvalue weighted by Gasteiger charge is -2.09. The highest BCUT2D eigenvalue weighted by Crippen LogP contribution is 1.95. The lowest BCUT2D eigenvalue weighted by molar-refractivity contribution is -0.121. The van der Waals surface area contributed by atoms with E-state index in [2.05, 4.69) is 20.8 Å². The molecule has 5 heteroatoms. The van der Waals surface area contributed by atoms with Crippen LogP contribution in [0.4, 0.5) is 0 Å². The van der Waals surface area contributed by atoms with Gasteiger partial charge in [-0.3, -0.25) is 15.2 Å². The van der Waals surface area contributed by atoms with Gasteiger partial charge < -0.3 is 5.32 Å². The van der Waals surface area contributed by atoms with Crippen molar-refractivity contribution in [1.29, 1.82) is 0 Å². The molecule has 80 valence electrons. The fraction of sp³-hybridized carbons (Fsp3) is 0.400. The minimum Gasteiger partial charge on any atom is -0.354 e. The summed E-state index contributed by atoms with van der Waals surface area (Å²) in [7, 11) is 0. The van der Waals surface area contributed by atoms with Crippen molar-refractivity contribution in [2.24, 2.45) is 0 Å². The fourth-order valence-electron chi connectivity index (χ4n) is 1.50. The Morgan fingerprint density at radius 3 is 3.27 bits per heavy atom. The Bertz CT molecular complexity index is 344. The number of amides is 1. The van der Waals surface area contributed by atoms with Crippen LogP contribution in [-0.4, -0.2) is 35.2 Å². The van der Waals surface area contributed by atoms with Crippen molar-refractivity contribution in [3.8, 4) is 0 Å². The van der Waals surface area contributed by atoms with Gasteiger partial charge in [-0.25, -0.2) is 0 Å². The summed E-state index contributed by atoms with van der Waals surface area (Å²) in [5.41, 5.74) is 1.03. The monoisotopic (exact) mass is 206 g/mol. The van der Waals surface area contributed by atoms with Crippen molar-refractivity contribution in [3.63, 3.8) is 0 Å². The Hall–Kier alpha value is -1.62. The Morgan fingerprint density at radius 2 is 2.60 bits per heavy atom. The Morgan fingerprint density at radius 1 is 1.67 bits per heavy atom. The second kappa shape index (κ2) is 4.75. The van der Waals surface area contributed by atoms with Crippen molar-refractivity contribution in [1.82, 2.24) is 20.8 Å². The fourth-order valence-corrected chi connectivity index (χ4v) is 1.50. The van der Waals surface area contributed by atoms with Crippen molar-refractivity contribution >= 4 is 5.91 Å². The van der Waals surface area contributed by atoms with Gasteiger partial charge in [0.2, 0.25) is 5.91 Å². The molecule has 0 fully saturated rings. The quantitative estimate of drug-likeness (QED) is 0.587. The zero-order chi connectivity index (χ0) is 10.5. The van der Waals surface area contributed by atoms with Gasteiger partial charge in [-0.15, -0.1) is 0 Å². The van der Waals surface area contributed by atoms with Gasteiger partial charge in [-0.05, 0) is 6.07 Å². The van der Waals surface area contributed by atoms with Gasteiger partial charge in [0, 0.05) is 31.4 Å². The first-order chi connectivity index (χ1) is 7.36. The van der Waals surface area contributed by atoms with E-state index in [9.17, 15) is 4.79 Å². The van der Waals surface area contributed by atoms with Crippen molar-refractivity contribution in [3.05, 3.63) is 30.1 Å². The molecule has 1 aliphatic rings. The van der Waals surface area contributed by atoms with Gasteiger partial charge in [-0.1, -0.05) is 12.2 Å². The van der Waals surface area contributed by atoms with Crippen LogP contribution in [0, 0.1) is 0 Å². The van der Waals surface area contributed by atoms with E-state index in [1.165, 1.54) is 0 Å². The Labute approximate surface area is 87.9 Å². The number of H-pyrrole nitrogens is 1. The average Bonchev–Trinajstić information content (AvgIpc) is 2.90. The molecule has 15 heavy (non-hydrogen) atoms. The third-order valence-corrected chi connectivity index (χ3v) is 2.32. The Balaban J connectivity index is 1.69. The zero-order valence-corrected chi connectivity index (χ0v) is 8.36. The van der Waals surface area contributed by atoms with E-state index in [1.807, 2.05) is 18.2 Å². The third-order valence-electron chi connectivity index (χ3n) is 2.32. The number of nitrogens with zero attached hydrogens (tertiary/aromatic N) is 1. The third kappa shape index (κ3) is 2.66. The first-order valence-electron chi connectivity index (χ1n) is 5.02. The molecule has 1 unspecified atom stereocenters. The molecular formula is C10H14N4O. The smallest absolute Gasteiger partial charge is 0.241 e. The van der Waals surface area contributed by atoms with Crippen LogP contribution in [0.1, 0.15) is 5.69 Å². The number of carbonyl (C=O) groups excluding carboxylic acids is 1. The van der Waals surface area contributed by atoms with Gasteiger partial charge in [0.1, 0.15) is 6.04 Å². The van der Waals surface area contributed by atoms with E-state index in [0.29, 0.717) is 6.54 Å². The molecular weight excluding hydrogens is 192 g/mol. The Kier molecular flexibility index (Phi) is 3.14. The minimum absolute atomic E-state index is 0.0308. The van der Waals surface area contributed by atoms with Crippen LogP contribution in [0.15, 0.2) is 24.4 Å². The van der Waals surface area contributed by atoms with Crippen molar-refractivity contribution < 1.29 is 4.79 Å². The molecule has 2 rings (SSSR count). The molecule has 5 nitrogen and oxygen atoms in total. The van der Waals surface area contributed by atoms with Gasteiger partial charge in [0.05, 0.1) is 0 Å². The average molecular weight is 206 g/mol. The van der Waals surface area contributed by atoms with Crippen LogP contribution in [0.5, 0.6) is 0 Å². The molecule has 0 saturated carbocycles. The lowest BCUT2D eigenvalue weighted by Crippen LogP contribution is -2.41. The van der Waals surface area contributed by atoms with Crippen LogP contribution in [0.3, 0.4) is 0 Å². The van der Waals surface area contributed by atoms with E-state index in [1.54, 1.807) is 6.20 Å². The van der Waals surface area contributed by atoms with Crippen LogP contribution in [-0.2, 0) is 11.2 Å². The van der Waals surface area contributed by atoms with Gasteiger partial charge in [0.25, 0.3) is 0 Å². The summed E-state index contributed by atoms with van der Waals surface area (Å²) in [4.78, 5) is 11.5. The number of aromatic amines is 1. The molecule has 0 spiro atoms. The van der Waals surface area contributed by atoms with Crippen molar-refractivity contribution in [2.45, 2.75) is 12.5 Å². The van der Waals surface area contributed by atoms with E-state index in [4.69, 9.17) is 0 Å².